The number of hydrogen-bond acceptors (Lipinski definition) is 7. The van der Waals surface area contributed by atoms with Crippen molar-refractivity contribution in [1.29, 1.82) is 0 Å². The van der Waals surface area contributed by atoms with Gasteiger partial charge in [-0.2, -0.15) is 0 Å². The Kier molecular flexibility index (Phi) is 3.88. The fourth-order valence-corrected chi connectivity index (χ4v) is 2.17. The van der Waals surface area contributed by atoms with Crippen LogP contribution in [0.15, 0.2) is 12.4 Å². The van der Waals surface area contributed by atoms with Crippen molar-refractivity contribution in [3.05, 3.63) is 22.5 Å². The van der Waals surface area contributed by atoms with Gasteiger partial charge in [-0.25, -0.2) is 9.97 Å². The van der Waals surface area contributed by atoms with E-state index in [-0.39, 0.29) is 23.6 Å². The number of hydrogen-bond donors (Lipinski definition) is 1. The number of methoxy groups -OCH3 is 1. The minimum absolute atomic E-state index is 0.0885. The largest absolute Gasteiger partial charge is 0.469 e. The van der Waals surface area contributed by atoms with E-state index < -0.39 is 4.92 Å². The first-order valence-electron chi connectivity index (χ1n) is 5.91. The Balaban J connectivity index is 1.92. The Morgan fingerprint density at radius 1 is 1.47 bits per heavy atom. The van der Waals surface area contributed by atoms with Crippen LogP contribution in [0.5, 0.6) is 0 Å². The molecule has 2 rings (SSSR count). The Labute approximate surface area is 109 Å². The lowest BCUT2D eigenvalue weighted by Gasteiger charge is -2.12. The second-order valence-electron chi connectivity index (χ2n) is 4.40. The highest BCUT2D eigenvalue weighted by molar-refractivity contribution is 5.72. The van der Waals surface area contributed by atoms with Crippen LogP contribution in [0.1, 0.15) is 19.3 Å². The number of esters is 1. The predicted molar refractivity (Wildman–Crippen MR) is 65.5 cm³/mol. The number of aromatic nitrogens is 2. The summed E-state index contributed by atoms with van der Waals surface area (Å²) >= 11 is 0. The Morgan fingerprint density at radius 2 is 2.16 bits per heavy atom. The molecular weight excluding hydrogens is 252 g/mol. The van der Waals surface area contributed by atoms with Crippen LogP contribution < -0.4 is 5.32 Å². The van der Waals surface area contributed by atoms with E-state index in [0.29, 0.717) is 12.4 Å². The summed E-state index contributed by atoms with van der Waals surface area (Å²) in [5, 5.41) is 13.5. The number of rotatable bonds is 4. The molecule has 1 aliphatic rings. The number of carbonyl (C=O) groups excluding carboxylic acids is 1. The van der Waals surface area contributed by atoms with Crippen molar-refractivity contribution in [1.82, 2.24) is 9.97 Å². The average Bonchev–Trinajstić information content (AvgIpc) is 2.87. The molecule has 1 N–H and O–H groups in total. The molecule has 1 fully saturated rings. The summed E-state index contributed by atoms with van der Waals surface area (Å²) < 4.78 is 4.70. The molecule has 0 aromatic carbocycles. The first-order chi connectivity index (χ1) is 9.10. The topological polar surface area (TPSA) is 107 Å². The van der Waals surface area contributed by atoms with Crippen LogP contribution >= 0.6 is 0 Å². The third kappa shape index (κ3) is 3.15. The molecule has 8 heteroatoms. The second-order valence-corrected chi connectivity index (χ2v) is 4.40. The van der Waals surface area contributed by atoms with Crippen LogP contribution in [-0.4, -0.2) is 34.0 Å². The minimum atomic E-state index is -0.549. The number of anilines is 1. The molecule has 1 aromatic heterocycles. The molecule has 8 nitrogen and oxygen atoms in total. The third-order valence-corrected chi connectivity index (χ3v) is 3.15. The fraction of sp³-hybridized carbons (Fsp3) is 0.545. The van der Waals surface area contributed by atoms with Crippen LogP contribution in [0.25, 0.3) is 0 Å². The summed E-state index contributed by atoms with van der Waals surface area (Å²) in [6, 6.07) is 0.0885. The van der Waals surface area contributed by atoms with Gasteiger partial charge in [-0.3, -0.25) is 14.9 Å². The maximum Gasteiger partial charge on any atom is 0.308 e. The molecule has 102 valence electrons. The molecule has 0 bridgehead atoms. The lowest BCUT2D eigenvalue weighted by molar-refractivity contribution is -0.385. The van der Waals surface area contributed by atoms with Gasteiger partial charge in [0, 0.05) is 6.04 Å². The summed E-state index contributed by atoms with van der Waals surface area (Å²) in [6.07, 6.45) is 4.55. The highest BCUT2D eigenvalue weighted by Crippen LogP contribution is 2.28. The van der Waals surface area contributed by atoms with Gasteiger partial charge in [-0.15, -0.1) is 0 Å². The van der Waals surface area contributed by atoms with Gasteiger partial charge in [0.15, 0.2) is 0 Å². The van der Waals surface area contributed by atoms with E-state index in [1.807, 2.05) is 0 Å². The summed E-state index contributed by atoms with van der Waals surface area (Å²) in [7, 11) is 1.38. The van der Waals surface area contributed by atoms with Crippen molar-refractivity contribution in [3.63, 3.8) is 0 Å². The number of carbonyl (C=O) groups is 1. The number of nitro groups is 1. The molecule has 2 atom stereocenters. The molecule has 19 heavy (non-hydrogen) atoms. The maximum atomic E-state index is 11.4. The highest BCUT2D eigenvalue weighted by Gasteiger charge is 2.30. The quantitative estimate of drug-likeness (QED) is 0.494. The van der Waals surface area contributed by atoms with E-state index in [1.54, 1.807) is 0 Å². The Hall–Kier alpha value is -2.25. The van der Waals surface area contributed by atoms with Gasteiger partial charge in [0.05, 0.1) is 18.0 Å². The highest BCUT2D eigenvalue weighted by atomic mass is 16.6. The molecule has 1 aromatic rings. The molecule has 0 unspecified atom stereocenters. The summed E-state index contributed by atoms with van der Waals surface area (Å²) in [6.45, 7) is 0. The molecule has 0 saturated heterocycles. The van der Waals surface area contributed by atoms with Crippen LogP contribution in [0.4, 0.5) is 11.6 Å². The lowest BCUT2D eigenvalue weighted by Crippen LogP contribution is -2.20. The zero-order valence-corrected chi connectivity index (χ0v) is 10.4. The van der Waals surface area contributed by atoms with E-state index in [0.717, 1.165) is 25.2 Å². The van der Waals surface area contributed by atoms with Gasteiger partial charge in [-0.05, 0) is 19.3 Å². The van der Waals surface area contributed by atoms with Gasteiger partial charge >= 0.3 is 11.7 Å². The zero-order chi connectivity index (χ0) is 13.8. The number of ether oxygens (including phenoxy) is 1. The molecule has 0 spiro atoms. The maximum absolute atomic E-state index is 11.4. The average molecular weight is 266 g/mol. The summed E-state index contributed by atoms with van der Waals surface area (Å²) in [5.74, 6) is 0.0376. The molecule has 1 heterocycles. The van der Waals surface area contributed by atoms with E-state index >= 15 is 0 Å². The first-order valence-corrected chi connectivity index (χ1v) is 5.91. The van der Waals surface area contributed by atoms with Gasteiger partial charge in [0.2, 0.25) is 5.95 Å². The van der Waals surface area contributed by atoms with Gasteiger partial charge in [0.1, 0.15) is 12.4 Å². The zero-order valence-electron chi connectivity index (χ0n) is 10.4. The lowest BCUT2D eigenvalue weighted by atomic mass is 10.1. The van der Waals surface area contributed by atoms with Crippen LogP contribution in [0, 0.1) is 16.0 Å². The summed E-state index contributed by atoms with van der Waals surface area (Å²) in [5.41, 5.74) is -0.149. The van der Waals surface area contributed by atoms with Crippen molar-refractivity contribution >= 4 is 17.6 Å². The summed E-state index contributed by atoms with van der Waals surface area (Å²) in [4.78, 5) is 29.0. The van der Waals surface area contributed by atoms with E-state index in [9.17, 15) is 14.9 Å². The van der Waals surface area contributed by atoms with Crippen molar-refractivity contribution in [3.8, 4) is 0 Å². The van der Waals surface area contributed by atoms with E-state index in [2.05, 4.69) is 15.3 Å². The van der Waals surface area contributed by atoms with Crippen molar-refractivity contribution in [2.45, 2.75) is 25.3 Å². The monoisotopic (exact) mass is 266 g/mol. The van der Waals surface area contributed by atoms with Crippen molar-refractivity contribution < 1.29 is 14.5 Å². The molecular formula is C11H14N4O4. The molecule has 1 aliphatic carbocycles. The van der Waals surface area contributed by atoms with Crippen molar-refractivity contribution in [2.24, 2.45) is 5.92 Å². The second kappa shape index (κ2) is 5.59. The van der Waals surface area contributed by atoms with Gasteiger partial charge < -0.3 is 10.1 Å². The first kappa shape index (κ1) is 13.2. The smallest absolute Gasteiger partial charge is 0.308 e. The number of nitrogens with one attached hydrogen (secondary N) is 1. The molecule has 1 saturated carbocycles. The minimum Gasteiger partial charge on any atom is -0.469 e. The Bertz CT molecular complexity index is 476. The number of nitrogens with zero attached hydrogens (tertiary/aromatic N) is 3. The van der Waals surface area contributed by atoms with E-state index in [1.165, 1.54) is 7.11 Å². The van der Waals surface area contributed by atoms with Crippen LogP contribution in [0.2, 0.25) is 0 Å². The van der Waals surface area contributed by atoms with E-state index in [4.69, 9.17) is 4.74 Å². The fourth-order valence-electron chi connectivity index (χ4n) is 2.17. The molecule has 0 aliphatic heterocycles. The normalized spacial score (nSPS) is 21.9. The van der Waals surface area contributed by atoms with Gasteiger partial charge in [-0.1, -0.05) is 0 Å². The standard InChI is InChI=1S/C11H14N4O4/c1-19-10(16)7-2-3-8(4-7)14-11-12-5-9(6-13-11)15(17)18/h5-8H,2-4H2,1H3,(H,12,13,14)/t7-,8+/m0/s1. The molecule has 0 radical (unpaired) electrons. The van der Waals surface area contributed by atoms with Gasteiger partial charge in [0.25, 0.3) is 0 Å². The van der Waals surface area contributed by atoms with Crippen LogP contribution in [-0.2, 0) is 9.53 Å². The third-order valence-electron chi connectivity index (χ3n) is 3.15. The van der Waals surface area contributed by atoms with Crippen molar-refractivity contribution in [2.75, 3.05) is 12.4 Å². The molecule has 0 amide bonds. The van der Waals surface area contributed by atoms with Crippen LogP contribution in [0.3, 0.4) is 0 Å². The SMILES string of the molecule is COC(=O)[C@H]1CC[C@@H](Nc2ncc([N+](=O)[O-])cn2)C1. The predicted octanol–water partition coefficient (Wildman–Crippen LogP) is 1.14. The Morgan fingerprint density at radius 3 is 2.74 bits per heavy atom.